The third-order valence-electron chi connectivity index (χ3n) is 3.51. The largest absolute Gasteiger partial charge is 0.464 e. The average Bonchev–Trinajstić information content (AvgIpc) is 2.47. The molecule has 6 nitrogen and oxygen atoms in total. The van der Waals surface area contributed by atoms with Crippen molar-refractivity contribution in [3.63, 3.8) is 0 Å². The van der Waals surface area contributed by atoms with Gasteiger partial charge in [-0.15, -0.1) is 0 Å². The number of sulfonamides is 1. The summed E-state index contributed by atoms with van der Waals surface area (Å²) < 4.78 is 30.8. The molecule has 0 atom stereocenters. The van der Waals surface area contributed by atoms with E-state index >= 15 is 0 Å². The number of hydrogen-bond acceptors (Lipinski definition) is 5. The van der Waals surface area contributed by atoms with E-state index in [1.807, 2.05) is 0 Å². The van der Waals surface area contributed by atoms with Crippen molar-refractivity contribution in [2.24, 2.45) is 5.92 Å². The monoisotopic (exact) mass is 298 g/mol. The molecule has 1 saturated heterocycles. The summed E-state index contributed by atoms with van der Waals surface area (Å²) in [5, 5.41) is 0. The van der Waals surface area contributed by atoms with Crippen LogP contribution in [0.2, 0.25) is 0 Å². The molecule has 1 aliphatic heterocycles. The molecule has 1 aliphatic rings. The van der Waals surface area contributed by atoms with Crippen LogP contribution >= 0.6 is 0 Å². The summed E-state index contributed by atoms with van der Waals surface area (Å²) in [6, 6.07) is 2.76. The second kappa shape index (κ2) is 5.88. The highest BCUT2D eigenvalue weighted by Crippen LogP contribution is 2.23. The van der Waals surface area contributed by atoms with Crippen LogP contribution in [0, 0.1) is 5.92 Å². The number of hydrogen-bond donors (Lipinski definition) is 0. The van der Waals surface area contributed by atoms with Gasteiger partial charge in [0.25, 0.3) is 0 Å². The second-order valence-electron chi connectivity index (χ2n) is 4.96. The van der Waals surface area contributed by atoms with Crippen LogP contribution in [0.15, 0.2) is 23.2 Å². The minimum atomic E-state index is -3.52. The minimum absolute atomic E-state index is 0.0960. The van der Waals surface area contributed by atoms with E-state index in [0.717, 1.165) is 12.8 Å². The van der Waals surface area contributed by atoms with Crippen molar-refractivity contribution >= 4 is 16.0 Å². The molecule has 1 fully saturated rings. The van der Waals surface area contributed by atoms with Crippen molar-refractivity contribution in [3.8, 4) is 0 Å². The molecule has 110 valence electrons. The van der Waals surface area contributed by atoms with Crippen molar-refractivity contribution < 1.29 is 17.9 Å². The fraction of sp³-hybridized carbons (Fsp3) is 0.538. The lowest BCUT2D eigenvalue weighted by Crippen LogP contribution is -2.37. The molecule has 2 heterocycles. The van der Waals surface area contributed by atoms with Crippen LogP contribution in [-0.4, -0.2) is 43.9 Å². The number of rotatable bonds is 3. The summed E-state index contributed by atoms with van der Waals surface area (Å²) in [5.74, 6) is -0.0259. The predicted octanol–water partition coefficient (Wildman–Crippen LogP) is 1.29. The Kier molecular flexibility index (Phi) is 4.39. The SMILES string of the molecule is COC(=O)c1ccc(S(=O)(=O)N2CCC(C)CC2)cn1. The van der Waals surface area contributed by atoms with Crippen molar-refractivity contribution in [1.29, 1.82) is 0 Å². The number of pyridine rings is 1. The van der Waals surface area contributed by atoms with Gasteiger partial charge in [-0.3, -0.25) is 0 Å². The normalized spacial score (nSPS) is 17.9. The number of carbonyl (C=O) groups excluding carboxylic acids is 1. The van der Waals surface area contributed by atoms with Gasteiger partial charge in [0.15, 0.2) is 0 Å². The summed E-state index contributed by atoms with van der Waals surface area (Å²) in [7, 11) is -2.26. The Balaban J connectivity index is 2.19. The predicted molar refractivity (Wildman–Crippen MR) is 72.7 cm³/mol. The maximum atomic E-state index is 12.4. The highest BCUT2D eigenvalue weighted by atomic mass is 32.2. The van der Waals surface area contributed by atoms with E-state index in [1.165, 1.54) is 29.7 Å². The van der Waals surface area contributed by atoms with Gasteiger partial charge in [-0.1, -0.05) is 6.92 Å². The summed E-state index contributed by atoms with van der Waals surface area (Å²) in [5.41, 5.74) is 0.0960. The first-order valence-electron chi connectivity index (χ1n) is 6.49. The number of methoxy groups -OCH3 is 1. The van der Waals surface area contributed by atoms with Gasteiger partial charge in [0.05, 0.1) is 7.11 Å². The molecule has 1 aromatic heterocycles. The third-order valence-corrected chi connectivity index (χ3v) is 5.39. The first-order chi connectivity index (χ1) is 9.45. The lowest BCUT2D eigenvalue weighted by Gasteiger charge is -2.29. The molecule has 20 heavy (non-hydrogen) atoms. The second-order valence-corrected chi connectivity index (χ2v) is 6.90. The molecule has 0 N–H and O–H groups in total. The van der Waals surface area contributed by atoms with E-state index < -0.39 is 16.0 Å². The number of ether oxygens (including phenoxy) is 1. The summed E-state index contributed by atoms with van der Waals surface area (Å²) >= 11 is 0. The highest BCUT2D eigenvalue weighted by molar-refractivity contribution is 7.89. The number of esters is 1. The number of aromatic nitrogens is 1. The topological polar surface area (TPSA) is 76.6 Å². The van der Waals surface area contributed by atoms with Crippen LogP contribution in [0.3, 0.4) is 0 Å². The van der Waals surface area contributed by atoms with Gasteiger partial charge >= 0.3 is 5.97 Å². The van der Waals surface area contributed by atoms with Crippen molar-refractivity contribution in [2.75, 3.05) is 20.2 Å². The van der Waals surface area contributed by atoms with Gasteiger partial charge in [0.2, 0.25) is 10.0 Å². The van der Waals surface area contributed by atoms with Crippen LogP contribution in [0.25, 0.3) is 0 Å². The fourth-order valence-corrected chi connectivity index (χ4v) is 3.55. The molecule has 0 radical (unpaired) electrons. The number of piperidine rings is 1. The maximum Gasteiger partial charge on any atom is 0.356 e. The minimum Gasteiger partial charge on any atom is -0.464 e. The summed E-state index contributed by atoms with van der Waals surface area (Å²) in [4.78, 5) is 15.2. The molecule has 0 saturated carbocycles. The van der Waals surface area contributed by atoms with E-state index in [4.69, 9.17) is 0 Å². The number of carbonyl (C=O) groups is 1. The first-order valence-corrected chi connectivity index (χ1v) is 7.93. The molecule has 0 aromatic carbocycles. The van der Waals surface area contributed by atoms with Gasteiger partial charge in [-0.25, -0.2) is 18.2 Å². The molecule has 1 aromatic rings. The van der Waals surface area contributed by atoms with Crippen LogP contribution in [0.1, 0.15) is 30.3 Å². The zero-order valence-electron chi connectivity index (χ0n) is 11.6. The van der Waals surface area contributed by atoms with Gasteiger partial charge in [0, 0.05) is 19.3 Å². The maximum absolute atomic E-state index is 12.4. The number of nitrogens with zero attached hydrogens (tertiary/aromatic N) is 2. The van der Waals surface area contributed by atoms with E-state index in [0.29, 0.717) is 19.0 Å². The molecule has 0 amide bonds. The van der Waals surface area contributed by atoms with E-state index in [2.05, 4.69) is 16.6 Å². The Morgan fingerprint density at radius 1 is 1.35 bits per heavy atom. The van der Waals surface area contributed by atoms with Gasteiger partial charge < -0.3 is 4.74 Å². The standard InChI is InChI=1S/C13H18N2O4S/c1-10-5-7-15(8-6-10)20(17,18)11-3-4-12(14-9-11)13(16)19-2/h3-4,9-10H,5-8H2,1-2H3. The Bertz CT molecular complexity index is 575. The first kappa shape index (κ1) is 14.9. The molecule has 0 spiro atoms. The Morgan fingerprint density at radius 3 is 2.50 bits per heavy atom. The molecular formula is C13H18N2O4S. The third kappa shape index (κ3) is 2.99. The quantitative estimate of drug-likeness (QED) is 0.786. The van der Waals surface area contributed by atoms with E-state index in [1.54, 1.807) is 0 Å². The zero-order chi connectivity index (χ0) is 14.8. The van der Waals surface area contributed by atoms with Crippen LogP contribution < -0.4 is 0 Å². The van der Waals surface area contributed by atoms with Gasteiger partial charge in [0.1, 0.15) is 10.6 Å². The van der Waals surface area contributed by atoms with E-state index in [9.17, 15) is 13.2 Å². The molecule has 2 rings (SSSR count). The average molecular weight is 298 g/mol. The zero-order valence-corrected chi connectivity index (χ0v) is 12.4. The Hall–Kier alpha value is -1.47. The van der Waals surface area contributed by atoms with Crippen molar-refractivity contribution in [2.45, 2.75) is 24.7 Å². The van der Waals surface area contributed by atoms with E-state index in [-0.39, 0.29) is 10.6 Å². The summed E-state index contributed by atoms with van der Waals surface area (Å²) in [6.07, 6.45) is 2.94. The summed E-state index contributed by atoms with van der Waals surface area (Å²) in [6.45, 7) is 3.18. The van der Waals surface area contributed by atoms with Gasteiger partial charge in [-0.05, 0) is 30.9 Å². The lowest BCUT2D eigenvalue weighted by molar-refractivity contribution is 0.0594. The molecule has 0 bridgehead atoms. The van der Waals surface area contributed by atoms with Crippen molar-refractivity contribution in [1.82, 2.24) is 9.29 Å². The van der Waals surface area contributed by atoms with Crippen LogP contribution in [0.4, 0.5) is 0 Å². The molecule has 0 aliphatic carbocycles. The lowest BCUT2D eigenvalue weighted by atomic mass is 10.0. The molecule has 7 heteroatoms. The highest BCUT2D eigenvalue weighted by Gasteiger charge is 2.28. The molecular weight excluding hydrogens is 280 g/mol. The molecule has 0 unspecified atom stereocenters. The Labute approximate surface area is 118 Å². The van der Waals surface area contributed by atoms with Crippen molar-refractivity contribution in [3.05, 3.63) is 24.0 Å². The van der Waals surface area contributed by atoms with Crippen LogP contribution in [-0.2, 0) is 14.8 Å². The fourth-order valence-electron chi connectivity index (χ4n) is 2.13. The Morgan fingerprint density at radius 2 is 2.00 bits per heavy atom. The van der Waals surface area contributed by atoms with Crippen LogP contribution in [0.5, 0.6) is 0 Å². The van der Waals surface area contributed by atoms with Gasteiger partial charge in [-0.2, -0.15) is 4.31 Å². The smallest absolute Gasteiger partial charge is 0.356 e.